The number of rotatable bonds is 4. The van der Waals surface area contributed by atoms with Gasteiger partial charge in [0.1, 0.15) is 0 Å². The van der Waals surface area contributed by atoms with Crippen LogP contribution in [0.3, 0.4) is 0 Å². The summed E-state index contributed by atoms with van der Waals surface area (Å²) in [5, 5.41) is 0. The molecule has 0 radical (unpaired) electrons. The van der Waals surface area contributed by atoms with E-state index >= 15 is 0 Å². The molecule has 58 heavy (non-hydrogen) atoms. The van der Waals surface area contributed by atoms with Crippen LogP contribution >= 0.6 is 0 Å². The predicted molar refractivity (Wildman–Crippen MR) is 239 cm³/mol. The van der Waals surface area contributed by atoms with Gasteiger partial charge in [0, 0.05) is 88.1 Å². The van der Waals surface area contributed by atoms with Crippen molar-refractivity contribution in [3.05, 3.63) is 257 Å². The van der Waals surface area contributed by atoms with E-state index in [2.05, 4.69) is 0 Å². The van der Waals surface area contributed by atoms with Crippen molar-refractivity contribution in [3.63, 3.8) is 0 Å². The van der Waals surface area contributed by atoms with Gasteiger partial charge < -0.3 is 0 Å². The normalized spacial score (nSPS) is 18.5. The summed E-state index contributed by atoms with van der Waals surface area (Å²) in [4.78, 5) is 48.5. The van der Waals surface area contributed by atoms with E-state index in [0.717, 1.165) is 21.3 Å². The summed E-state index contributed by atoms with van der Waals surface area (Å²) in [6.45, 7) is -9.66. The van der Waals surface area contributed by atoms with Gasteiger partial charge in [-0.1, -0.05) is 98.2 Å². The summed E-state index contributed by atoms with van der Waals surface area (Å²) in [5.41, 5.74) is -6.46. The van der Waals surface area contributed by atoms with Crippen LogP contribution in [-0.4, -0.2) is 18.3 Å². The van der Waals surface area contributed by atoms with Crippen LogP contribution in [0.1, 0.15) is 77.7 Å². The first-order chi connectivity index (χ1) is 40.3. The first-order valence-corrected chi connectivity index (χ1v) is 16.0. The topological polar surface area (TPSA) is 88.0 Å². The molecule has 8 aromatic rings. The molecule has 0 aliphatic heterocycles. The molecule has 4 aromatic heterocycles. The van der Waals surface area contributed by atoms with Crippen molar-refractivity contribution in [3.8, 4) is 22.7 Å². The fourth-order valence-electron chi connectivity index (χ4n) is 4.26. The SMILES string of the molecule is C.[2H]c1c(C([2H])([2H])[2H])c([2H])n(-c2ccccc2)c(=O)c1[2H].[2H]c1c([2H])c([2H])c(-n2c([2H])c(C([2H])([2H])[2H])c(C)cc2=O)c([2H])c1[2H].[2H]c1c([2H])c([2H])c(-n2c([2H])c(C([2H])([2H])[2H])c([2H])c([2H])c2=O)c([2H])c1[2H].[2H]c1cc(=O)n(-c2ccccc2)c([2H])c1C([2H])([2H])[2H]. The Bertz CT molecular complexity index is 4240. The van der Waals surface area contributed by atoms with Crippen molar-refractivity contribution >= 4 is 0 Å². The van der Waals surface area contributed by atoms with Crippen LogP contribution in [0.2, 0.25) is 0 Å². The van der Waals surface area contributed by atoms with Crippen molar-refractivity contribution in [1.82, 2.24) is 18.3 Å². The van der Waals surface area contributed by atoms with Gasteiger partial charge in [0.05, 0.1) is 26.0 Å². The fourth-order valence-corrected chi connectivity index (χ4v) is 4.26. The van der Waals surface area contributed by atoms with Crippen LogP contribution in [0, 0.1) is 34.3 Å². The third kappa shape index (κ3) is 12.1. The molecule has 0 amide bonds. The zero-order chi connectivity index (χ0) is 67.3. The maximum absolute atomic E-state index is 12.3. The van der Waals surface area contributed by atoms with Gasteiger partial charge in [-0.15, -0.1) is 0 Å². The van der Waals surface area contributed by atoms with Crippen molar-refractivity contribution < 1.29 is 42.5 Å². The zero-order valence-corrected chi connectivity index (χ0v) is 29.4. The maximum atomic E-state index is 12.3. The molecule has 0 N–H and O–H groups in total. The Balaban J connectivity index is 0.000000254. The molecule has 8 rings (SSSR count). The summed E-state index contributed by atoms with van der Waals surface area (Å²) >= 11 is 0. The van der Waals surface area contributed by atoms with E-state index in [0.29, 0.717) is 15.9 Å². The van der Waals surface area contributed by atoms with E-state index in [1.807, 2.05) is 0 Å². The Morgan fingerprint density at radius 1 is 0.397 bits per heavy atom. The summed E-state index contributed by atoms with van der Waals surface area (Å²) in [6.07, 6.45) is -2.80. The summed E-state index contributed by atoms with van der Waals surface area (Å²) in [5.74, 6) is 0. The molecular weight excluding hydrogens is 721 g/mol. The smallest absolute Gasteiger partial charge is 0.255 e. The van der Waals surface area contributed by atoms with Crippen LogP contribution in [0.4, 0.5) is 0 Å². The number of aryl methyl sites for hydroxylation is 1. The van der Waals surface area contributed by atoms with Gasteiger partial charge in [-0.3, -0.25) is 37.4 Å². The van der Waals surface area contributed by atoms with Gasteiger partial charge in [-0.05, 0) is 111 Å². The van der Waals surface area contributed by atoms with E-state index in [4.69, 9.17) is 42.5 Å². The van der Waals surface area contributed by atoms with Crippen molar-refractivity contribution in [1.29, 1.82) is 0 Å². The lowest BCUT2D eigenvalue weighted by atomic mass is 10.2. The number of pyridine rings is 4. The Hall–Kier alpha value is -7.32. The van der Waals surface area contributed by atoms with Gasteiger partial charge in [-0.2, -0.15) is 0 Å². The molecule has 4 aromatic carbocycles. The van der Waals surface area contributed by atoms with E-state index in [-0.39, 0.29) is 17.6 Å². The van der Waals surface area contributed by atoms with Gasteiger partial charge in [0.15, 0.2) is 0 Å². The second-order valence-electron chi connectivity index (χ2n) is 10.8. The molecule has 0 saturated heterocycles. The van der Waals surface area contributed by atoms with Crippen LogP contribution in [0.25, 0.3) is 22.7 Å². The van der Waals surface area contributed by atoms with Gasteiger partial charge in [0.25, 0.3) is 22.2 Å². The molecule has 0 aliphatic rings. The molecular formula is C50H50N4O4. The van der Waals surface area contributed by atoms with Gasteiger partial charge >= 0.3 is 0 Å². The highest BCUT2D eigenvalue weighted by Crippen LogP contribution is 2.09. The minimum atomic E-state index is -3.01. The molecule has 0 unspecified atom stereocenters. The molecule has 0 bridgehead atoms. The second kappa shape index (κ2) is 21.1. The van der Waals surface area contributed by atoms with Crippen LogP contribution in [0.15, 0.2) is 207 Å². The van der Waals surface area contributed by atoms with E-state index in [1.165, 1.54) is 19.1 Å². The van der Waals surface area contributed by atoms with Crippen LogP contribution < -0.4 is 22.2 Å². The lowest BCUT2D eigenvalue weighted by Crippen LogP contribution is -2.17. The number of hydrogen-bond acceptors (Lipinski definition) is 4. The minimum Gasteiger partial charge on any atom is -0.284 e. The Kier molecular flexibility index (Phi) is 6.35. The molecule has 0 aliphatic carbocycles. The number of aromatic nitrogens is 4. The number of para-hydroxylation sites is 4. The van der Waals surface area contributed by atoms with Crippen LogP contribution in [0.5, 0.6) is 0 Å². The molecule has 0 spiro atoms. The number of nitrogens with zero attached hydrogens (tertiary/aromatic N) is 4. The van der Waals surface area contributed by atoms with Crippen molar-refractivity contribution in [2.45, 2.75) is 41.8 Å². The average Bonchev–Trinajstić information content (AvgIpc) is 0.780. The van der Waals surface area contributed by atoms with Gasteiger partial charge in [0.2, 0.25) is 0 Å². The Labute approximate surface area is 383 Å². The minimum absolute atomic E-state index is 0. The lowest BCUT2D eigenvalue weighted by molar-refractivity contribution is 0.966. The monoisotopic (exact) mass is 802 g/mol. The first kappa shape index (κ1) is 17.4. The quantitative estimate of drug-likeness (QED) is 0.178. The Morgan fingerprint density at radius 2 is 0.810 bits per heavy atom. The predicted octanol–water partition coefficient (Wildman–Crippen LogP) is 9.53. The molecule has 4 heterocycles. The van der Waals surface area contributed by atoms with E-state index in [1.54, 1.807) is 48.5 Å². The second-order valence-corrected chi connectivity index (χ2v) is 10.8. The molecule has 294 valence electrons. The first-order valence-electron chi connectivity index (χ1n) is 31.5. The van der Waals surface area contributed by atoms with E-state index in [9.17, 15) is 19.2 Å². The summed E-state index contributed by atoms with van der Waals surface area (Å²) < 4.78 is 239. The van der Waals surface area contributed by atoms with Crippen molar-refractivity contribution in [2.24, 2.45) is 0 Å². The number of hydrogen-bond donors (Lipinski definition) is 0. The lowest BCUT2D eigenvalue weighted by Gasteiger charge is -2.07. The standard InChI is InChI=1S/C13H13NO.3C12H11NO.CH4/c1-10-8-13(15)14(9-11(10)2)12-6-4-3-5-7-12;3*1-10-7-8-12(14)13(9-10)11-5-3-2-4-6-11;/h3-9H,1-2H3;3*2-9H,1H3;1H4/i2D3,3D,4D,5D,6D,7D,9D;1D3,2D,3D,4D,5D,6D,7D,8D,9D;1D3,7D,8D,9D;1D3,7D,9D;. The number of benzene rings is 4. The third-order valence-corrected chi connectivity index (χ3v) is 6.85. The largest absolute Gasteiger partial charge is 0.284 e. The molecule has 8 heteroatoms. The Morgan fingerprint density at radius 3 is 1.26 bits per heavy atom. The van der Waals surface area contributed by atoms with E-state index < -0.39 is 199 Å². The highest BCUT2D eigenvalue weighted by Gasteiger charge is 2.02. The molecule has 8 nitrogen and oxygen atoms in total. The highest BCUT2D eigenvalue weighted by atomic mass is 16.1. The third-order valence-electron chi connectivity index (χ3n) is 6.85. The molecule has 0 saturated carbocycles. The van der Waals surface area contributed by atoms with Gasteiger partial charge in [-0.25, -0.2) is 0 Å². The molecule has 0 fully saturated rings. The zero-order valence-electron chi connectivity index (χ0n) is 60.4. The van der Waals surface area contributed by atoms with Crippen LogP contribution in [-0.2, 0) is 0 Å². The highest BCUT2D eigenvalue weighted by molar-refractivity contribution is 5.36. The maximum Gasteiger partial charge on any atom is 0.255 e. The fraction of sp³-hybridized carbons (Fsp3) is 0.120. The van der Waals surface area contributed by atoms with Crippen molar-refractivity contribution in [2.75, 3.05) is 0 Å². The average molecular weight is 802 g/mol. The summed E-state index contributed by atoms with van der Waals surface area (Å²) in [7, 11) is 0. The molecule has 0 atom stereocenters. The summed E-state index contributed by atoms with van der Waals surface area (Å²) in [6, 6.07) is 7.11.